The summed E-state index contributed by atoms with van der Waals surface area (Å²) < 4.78 is 32.3. The van der Waals surface area contributed by atoms with Gasteiger partial charge in [-0.15, -0.1) is 0 Å². The second-order valence-corrected chi connectivity index (χ2v) is 8.82. The first kappa shape index (κ1) is 21.9. The fourth-order valence-electron chi connectivity index (χ4n) is 3.30. The zero-order valence-electron chi connectivity index (χ0n) is 17.0. The highest BCUT2D eigenvalue weighted by atomic mass is 32.2. The lowest BCUT2D eigenvalue weighted by Gasteiger charge is -2.32. The van der Waals surface area contributed by atoms with Crippen LogP contribution in [-0.2, 0) is 10.0 Å². The summed E-state index contributed by atoms with van der Waals surface area (Å²) in [6.07, 6.45) is 3.06. The molecule has 0 unspecified atom stereocenters. The zero-order valence-corrected chi connectivity index (χ0v) is 17.8. The van der Waals surface area contributed by atoms with Crippen LogP contribution in [0.2, 0.25) is 0 Å². The van der Waals surface area contributed by atoms with Crippen molar-refractivity contribution in [1.82, 2.24) is 9.62 Å². The van der Waals surface area contributed by atoms with Crippen LogP contribution in [0.15, 0.2) is 60.0 Å². The van der Waals surface area contributed by atoms with Crippen molar-refractivity contribution in [2.24, 2.45) is 5.92 Å². The molecule has 0 bridgehead atoms. The van der Waals surface area contributed by atoms with Gasteiger partial charge >= 0.3 is 6.03 Å². The molecule has 0 aromatic heterocycles. The van der Waals surface area contributed by atoms with E-state index >= 15 is 0 Å². The van der Waals surface area contributed by atoms with Crippen molar-refractivity contribution in [3.63, 3.8) is 0 Å². The number of benzene rings is 2. The first-order valence-corrected chi connectivity index (χ1v) is 11.4. The van der Waals surface area contributed by atoms with Crippen LogP contribution in [0.5, 0.6) is 5.75 Å². The number of piperidine rings is 1. The number of sulfonamides is 1. The van der Waals surface area contributed by atoms with Crippen molar-refractivity contribution < 1.29 is 17.9 Å². The molecule has 0 spiro atoms. The van der Waals surface area contributed by atoms with Gasteiger partial charge in [0.15, 0.2) is 0 Å². The Kier molecular flexibility index (Phi) is 7.48. The van der Waals surface area contributed by atoms with Crippen LogP contribution >= 0.6 is 0 Å². The van der Waals surface area contributed by atoms with E-state index in [1.165, 1.54) is 5.41 Å². The molecule has 160 valence electrons. The highest BCUT2D eigenvalue weighted by molar-refractivity contribution is 7.92. The van der Waals surface area contributed by atoms with E-state index in [1.807, 2.05) is 42.5 Å². The van der Waals surface area contributed by atoms with Crippen molar-refractivity contribution in [2.75, 3.05) is 32.1 Å². The summed E-state index contributed by atoms with van der Waals surface area (Å²) >= 11 is 0. The third-order valence-corrected chi connectivity index (χ3v) is 6.13. The number of ether oxygens (including phenoxy) is 1. The molecule has 1 heterocycles. The minimum absolute atomic E-state index is 0.177. The predicted octanol–water partition coefficient (Wildman–Crippen LogP) is 3.53. The van der Waals surface area contributed by atoms with E-state index in [1.54, 1.807) is 30.2 Å². The molecule has 8 heteroatoms. The molecule has 2 aromatic carbocycles. The summed E-state index contributed by atoms with van der Waals surface area (Å²) in [5, 5.41) is 4.07. The van der Waals surface area contributed by atoms with Gasteiger partial charge in [-0.05, 0) is 42.5 Å². The van der Waals surface area contributed by atoms with Crippen LogP contribution in [0.1, 0.15) is 18.4 Å². The number of hydrogen-bond acceptors (Lipinski definition) is 4. The molecular formula is C22H27N3O4S. The number of carbonyl (C=O) groups excluding carboxylic acids is 1. The molecule has 2 amide bonds. The van der Waals surface area contributed by atoms with Gasteiger partial charge in [-0.2, -0.15) is 0 Å². The number of para-hydroxylation sites is 2. The van der Waals surface area contributed by atoms with Crippen molar-refractivity contribution in [3.05, 3.63) is 65.6 Å². The summed E-state index contributed by atoms with van der Waals surface area (Å²) in [4.78, 5) is 14.3. The number of carbonyl (C=O) groups is 1. The Labute approximate surface area is 177 Å². The summed E-state index contributed by atoms with van der Waals surface area (Å²) in [6, 6.07) is 16.4. The van der Waals surface area contributed by atoms with E-state index in [9.17, 15) is 13.2 Å². The minimum atomic E-state index is -3.49. The molecule has 30 heavy (non-hydrogen) atoms. The molecule has 0 atom stereocenters. The van der Waals surface area contributed by atoms with Gasteiger partial charge in [-0.3, -0.25) is 0 Å². The van der Waals surface area contributed by atoms with E-state index in [0.717, 1.165) is 18.4 Å². The number of anilines is 1. The predicted molar refractivity (Wildman–Crippen MR) is 119 cm³/mol. The van der Waals surface area contributed by atoms with Crippen LogP contribution in [0.4, 0.5) is 10.5 Å². The third-order valence-electron chi connectivity index (χ3n) is 5.06. The smallest absolute Gasteiger partial charge is 0.321 e. The Morgan fingerprint density at radius 1 is 1.10 bits per heavy atom. The summed E-state index contributed by atoms with van der Waals surface area (Å²) in [5.41, 5.74) is 1.46. The van der Waals surface area contributed by atoms with E-state index < -0.39 is 10.0 Å². The highest BCUT2D eigenvalue weighted by Gasteiger charge is 2.24. The maximum atomic E-state index is 12.5. The number of hydrogen-bond donors (Lipinski definition) is 2. The molecule has 0 radical (unpaired) electrons. The van der Waals surface area contributed by atoms with Gasteiger partial charge in [0.05, 0.1) is 12.8 Å². The summed E-state index contributed by atoms with van der Waals surface area (Å²) in [6.45, 7) is 1.52. The van der Waals surface area contributed by atoms with Crippen molar-refractivity contribution >= 4 is 27.8 Å². The molecule has 1 saturated heterocycles. The van der Waals surface area contributed by atoms with Crippen LogP contribution in [0.3, 0.4) is 0 Å². The fraction of sp³-hybridized carbons (Fsp3) is 0.318. The quantitative estimate of drug-likeness (QED) is 0.705. The molecule has 1 aliphatic rings. The first-order valence-electron chi connectivity index (χ1n) is 9.88. The maximum Gasteiger partial charge on any atom is 0.321 e. The number of nitrogens with one attached hydrogen (secondary N) is 2. The summed E-state index contributed by atoms with van der Waals surface area (Å²) in [7, 11) is -1.93. The minimum Gasteiger partial charge on any atom is -0.495 e. The van der Waals surface area contributed by atoms with Crippen LogP contribution in [0, 0.1) is 5.92 Å². The lowest BCUT2D eigenvalue weighted by atomic mass is 9.97. The van der Waals surface area contributed by atoms with Gasteiger partial charge in [0.1, 0.15) is 5.75 Å². The normalized spacial score (nSPS) is 15.3. The average Bonchev–Trinajstić information content (AvgIpc) is 2.78. The SMILES string of the molecule is COc1ccccc1NC(=O)N1CCC(CNS(=O)(=O)/C=C/c2ccccc2)CC1. The zero-order chi connectivity index (χ0) is 21.4. The number of amides is 2. The van der Waals surface area contributed by atoms with Crippen LogP contribution in [-0.4, -0.2) is 46.1 Å². The number of rotatable bonds is 7. The molecular weight excluding hydrogens is 402 g/mol. The molecule has 1 aliphatic heterocycles. The van der Waals surface area contributed by atoms with E-state index in [2.05, 4.69) is 10.0 Å². The van der Waals surface area contributed by atoms with E-state index in [4.69, 9.17) is 4.74 Å². The molecule has 2 N–H and O–H groups in total. The Morgan fingerprint density at radius 3 is 2.47 bits per heavy atom. The molecule has 3 rings (SSSR count). The highest BCUT2D eigenvalue weighted by Crippen LogP contribution is 2.24. The molecule has 2 aromatic rings. The topological polar surface area (TPSA) is 87.7 Å². The Hall–Kier alpha value is -2.84. The molecule has 0 saturated carbocycles. The second-order valence-electron chi connectivity index (χ2n) is 7.17. The Balaban J connectivity index is 1.45. The standard InChI is InChI=1S/C22H27N3O4S/c1-29-21-10-6-5-9-20(21)24-22(26)25-14-11-19(12-15-25)17-23-30(27,28)16-13-18-7-3-2-4-8-18/h2-10,13,16,19,23H,11-12,14-15,17H2,1H3,(H,24,26)/b16-13+. The summed E-state index contributed by atoms with van der Waals surface area (Å²) in [5.74, 6) is 0.805. The lowest BCUT2D eigenvalue weighted by molar-refractivity contribution is 0.183. The molecule has 7 nitrogen and oxygen atoms in total. The number of methoxy groups -OCH3 is 1. The fourth-order valence-corrected chi connectivity index (χ4v) is 4.20. The van der Waals surface area contributed by atoms with E-state index in [-0.39, 0.29) is 11.9 Å². The number of nitrogens with zero attached hydrogens (tertiary/aromatic N) is 1. The molecule has 1 fully saturated rings. The van der Waals surface area contributed by atoms with Crippen molar-refractivity contribution in [2.45, 2.75) is 12.8 Å². The Bertz CT molecular complexity index is 969. The van der Waals surface area contributed by atoms with E-state index in [0.29, 0.717) is 31.1 Å². The monoisotopic (exact) mass is 429 g/mol. The third kappa shape index (κ3) is 6.33. The number of urea groups is 1. The Morgan fingerprint density at radius 2 is 1.77 bits per heavy atom. The van der Waals surface area contributed by atoms with Gasteiger partial charge < -0.3 is 15.0 Å². The maximum absolute atomic E-state index is 12.5. The lowest BCUT2D eigenvalue weighted by Crippen LogP contribution is -2.43. The van der Waals surface area contributed by atoms with Crippen LogP contribution in [0.25, 0.3) is 6.08 Å². The van der Waals surface area contributed by atoms with Crippen molar-refractivity contribution in [1.29, 1.82) is 0 Å². The van der Waals surface area contributed by atoms with Crippen molar-refractivity contribution in [3.8, 4) is 5.75 Å². The molecule has 0 aliphatic carbocycles. The largest absolute Gasteiger partial charge is 0.495 e. The van der Waals surface area contributed by atoms with Crippen LogP contribution < -0.4 is 14.8 Å². The van der Waals surface area contributed by atoms with Gasteiger partial charge in [0, 0.05) is 25.0 Å². The first-order chi connectivity index (χ1) is 14.5. The van der Waals surface area contributed by atoms with Gasteiger partial charge in [0.25, 0.3) is 0 Å². The average molecular weight is 430 g/mol. The van der Waals surface area contributed by atoms with Gasteiger partial charge in [-0.1, -0.05) is 42.5 Å². The second kappa shape index (κ2) is 10.3. The number of likely N-dealkylation sites (tertiary alicyclic amines) is 1. The van der Waals surface area contributed by atoms with Gasteiger partial charge in [-0.25, -0.2) is 17.9 Å². The van der Waals surface area contributed by atoms with Gasteiger partial charge in [0.2, 0.25) is 10.0 Å².